The molecule has 8 nitrogen and oxygen atoms in total. The normalized spacial score (nSPS) is 10.3. The standard InChI is InChI=1S/C10H11N5O3S/c16-7(17)3-1-2-6-4-19-10(13-6)14-9(18)8-11-5-12-15-8/h4-5H,1-3H2,(H,16,17)(H,11,12,15)(H,13,14,18). The number of aryl methyl sites for hydroxylation is 1. The summed E-state index contributed by atoms with van der Waals surface area (Å²) in [5.41, 5.74) is 0.763. The highest BCUT2D eigenvalue weighted by Crippen LogP contribution is 2.17. The summed E-state index contributed by atoms with van der Waals surface area (Å²) >= 11 is 1.28. The summed E-state index contributed by atoms with van der Waals surface area (Å²) in [4.78, 5) is 29.9. The summed E-state index contributed by atoms with van der Waals surface area (Å²) < 4.78 is 0. The number of H-pyrrole nitrogens is 1. The number of amides is 1. The van der Waals surface area contributed by atoms with Crippen molar-refractivity contribution in [3.05, 3.63) is 23.2 Å². The van der Waals surface area contributed by atoms with E-state index in [1.54, 1.807) is 5.38 Å². The maximum absolute atomic E-state index is 11.6. The number of carbonyl (C=O) groups excluding carboxylic acids is 1. The number of aliphatic carboxylic acids is 1. The Hall–Kier alpha value is -2.29. The third-order valence-corrected chi connectivity index (χ3v) is 3.03. The molecule has 2 aromatic rings. The van der Waals surface area contributed by atoms with E-state index in [-0.39, 0.29) is 12.2 Å². The van der Waals surface area contributed by atoms with Gasteiger partial charge in [0.1, 0.15) is 6.33 Å². The Labute approximate surface area is 111 Å². The van der Waals surface area contributed by atoms with Crippen LogP contribution in [-0.2, 0) is 11.2 Å². The van der Waals surface area contributed by atoms with Crippen molar-refractivity contribution in [2.24, 2.45) is 0 Å². The molecule has 19 heavy (non-hydrogen) atoms. The van der Waals surface area contributed by atoms with Crippen LogP contribution in [0.3, 0.4) is 0 Å². The van der Waals surface area contributed by atoms with Crippen LogP contribution in [0.4, 0.5) is 5.13 Å². The van der Waals surface area contributed by atoms with Gasteiger partial charge >= 0.3 is 5.97 Å². The minimum absolute atomic E-state index is 0.108. The van der Waals surface area contributed by atoms with Crippen LogP contribution in [0.15, 0.2) is 11.7 Å². The highest BCUT2D eigenvalue weighted by atomic mass is 32.1. The van der Waals surface area contributed by atoms with E-state index in [0.717, 1.165) is 5.69 Å². The summed E-state index contributed by atoms with van der Waals surface area (Å²) in [6.45, 7) is 0. The highest BCUT2D eigenvalue weighted by molar-refractivity contribution is 7.13. The molecule has 0 fully saturated rings. The molecular formula is C10H11N5O3S. The molecule has 0 bridgehead atoms. The molecule has 0 unspecified atom stereocenters. The van der Waals surface area contributed by atoms with Gasteiger partial charge in [-0.2, -0.15) is 5.10 Å². The van der Waals surface area contributed by atoms with E-state index in [0.29, 0.717) is 18.0 Å². The Bertz CT molecular complexity index is 565. The van der Waals surface area contributed by atoms with Crippen molar-refractivity contribution in [1.82, 2.24) is 20.2 Å². The lowest BCUT2D eigenvalue weighted by molar-refractivity contribution is -0.137. The lowest BCUT2D eigenvalue weighted by atomic mass is 10.2. The molecule has 2 heterocycles. The van der Waals surface area contributed by atoms with Gasteiger partial charge in [-0.1, -0.05) is 0 Å². The Kier molecular flexibility index (Phi) is 4.18. The van der Waals surface area contributed by atoms with Crippen LogP contribution in [0.1, 0.15) is 29.2 Å². The average molecular weight is 281 g/mol. The van der Waals surface area contributed by atoms with E-state index in [1.807, 2.05) is 0 Å². The second-order valence-corrected chi connectivity index (χ2v) is 4.54. The van der Waals surface area contributed by atoms with Crippen molar-refractivity contribution >= 4 is 28.3 Å². The summed E-state index contributed by atoms with van der Waals surface area (Å²) in [5.74, 6) is -1.12. The van der Waals surface area contributed by atoms with Gasteiger partial charge in [0, 0.05) is 11.8 Å². The molecule has 0 atom stereocenters. The van der Waals surface area contributed by atoms with Crippen molar-refractivity contribution in [2.75, 3.05) is 5.32 Å². The molecule has 0 radical (unpaired) electrons. The molecule has 0 aliphatic rings. The van der Waals surface area contributed by atoms with Gasteiger partial charge in [0.25, 0.3) is 5.91 Å². The van der Waals surface area contributed by atoms with Crippen LogP contribution in [-0.4, -0.2) is 37.1 Å². The summed E-state index contributed by atoms with van der Waals surface area (Å²) in [7, 11) is 0. The summed E-state index contributed by atoms with van der Waals surface area (Å²) in [5, 5.41) is 19.4. The van der Waals surface area contributed by atoms with Gasteiger partial charge in [-0.25, -0.2) is 9.97 Å². The minimum atomic E-state index is -0.825. The summed E-state index contributed by atoms with van der Waals surface area (Å²) in [6, 6.07) is 0. The lowest BCUT2D eigenvalue weighted by Crippen LogP contribution is -2.13. The molecule has 0 saturated carbocycles. The van der Waals surface area contributed by atoms with Crippen LogP contribution in [0, 0.1) is 0 Å². The van der Waals surface area contributed by atoms with Crippen molar-refractivity contribution in [2.45, 2.75) is 19.3 Å². The molecule has 100 valence electrons. The Morgan fingerprint density at radius 3 is 3.00 bits per heavy atom. The van der Waals surface area contributed by atoms with Crippen LogP contribution >= 0.6 is 11.3 Å². The first-order chi connectivity index (χ1) is 9.15. The maximum Gasteiger partial charge on any atom is 0.303 e. The third kappa shape index (κ3) is 3.85. The number of aromatic nitrogens is 4. The highest BCUT2D eigenvalue weighted by Gasteiger charge is 2.11. The van der Waals surface area contributed by atoms with Crippen LogP contribution in [0.2, 0.25) is 0 Å². The number of nitrogens with zero attached hydrogens (tertiary/aromatic N) is 3. The molecule has 0 aliphatic heterocycles. The molecule has 3 N–H and O–H groups in total. The molecule has 0 aliphatic carbocycles. The fraction of sp³-hybridized carbons (Fsp3) is 0.300. The Morgan fingerprint density at radius 1 is 1.47 bits per heavy atom. The van der Waals surface area contributed by atoms with Gasteiger partial charge in [-0.3, -0.25) is 20.0 Å². The second kappa shape index (κ2) is 6.05. The Morgan fingerprint density at radius 2 is 2.32 bits per heavy atom. The van der Waals surface area contributed by atoms with E-state index >= 15 is 0 Å². The molecule has 9 heteroatoms. The van der Waals surface area contributed by atoms with E-state index in [9.17, 15) is 9.59 Å². The smallest absolute Gasteiger partial charge is 0.303 e. The molecule has 0 saturated heterocycles. The molecule has 2 rings (SSSR count). The second-order valence-electron chi connectivity index (χ2n) is 3.68. The topological polar surface area (TPSA) is 121 Å². The van der Waals surface area contributed by atoms with E-state index in [4.69, 9.17) is 5.11 Å². The SMILES string of the molecule is O=C(O)CCCc1csc(NC(=O)c2ncn[nH]2)n1. The van der Waals surface area contributed by atoms with E-state index in [1.165, 1.54) is 17.7 Å². The van der Waals surface area contributed by atoms with E-state index in [2.05, 4.69) is 25.5 Å². The molecule has 1 amide bonds. The van der Waals surface area contributed by atoms with Crippen LogP contribution in [0.25, 0.3) is 0 Å². The van der Waals surface area contributed by atoms with Gasteiger partial charge in [0.2, 0.25) is 5.82 Å². The zero-order chi connectivity index (χ0) is 13.7. The molecule has 2 aromatic heterocycles. The number of anilines is 1. The number of rotatable bonds is 6. The van der Waals surface area contributed by atoms with Crippen molar-refractivity contribution < 1.29 is 14.7 Å². The molecule has 0 aromatic carbocycles. The van der Waals surface area contributed by atoms with Crippen LogP contribution in [0.5, 0.6) is 0 Å². The van der Waals surface area contributed by atoms with Gasteiger partial charge in [0.15, 0.2) is 5.13 Å². The van der Waals surface area contributed by atoms with Crippen molar-refractivity contribution in [3.8, 4) is 0 Å². The van der Waals surface area contributed by atoms with Gasteiger partial charge in [0.05, 0.1) is 5.69 Å². The first-order valence-corrected chi connectivity index (χ1v) is 6.36. The first-order valence-electron chi connectivity index (χ1n) is 5.48. The van der Waals surface area contributed by atoms with Gasteiger partial charge in [-0.15, -0.1) is 11.3 Å². The quantitative estimate of drug-likeness (QED) is 0.724. The number of aromatic amines is 1. The zero-order valence-electron chi connectivity index (χ0n) is 9.79. The monoisotopic (exact) mass is 281 g/mol. The fourth-order valence-corrected chi connectivity index (χ4v) is 2.11. The number of carboxylic acids is 1. The van der Waals surface area contributed by atoms with E-state index < -0.39 is 11.9 Å². The first kappa shape index (κ1) is 13.1. The average Bonchev–Trinajstić information content (AvgIpc) is 2.99. The number of hydrogen-bond donors (Lipinski definition) is 3. The number of carbonyl (C=O) groups is 2. The molecule has 0 spiro atoms. The predicted molar refractivity (Wildman–Crippen MR) is 67.0 cm³/mol. The zero-order valence-corrected chi connectivity index (χ0v) is 10.6. The number of nitrogens with one attached hydrogen (secondary N) is 2. The number of thiazole rings is 1. The third-order valence-electron chi connectivity index (χ3n) is 2.23. The number of hydrogen-bond acceptors (Lipinski definition) is 6. The lowest BCUT2D eigenvalue weighted by Gasteiger charge is -1.97. The van der Waals surface area contributed by atoms with Crippen LogP contribution < -0.4 is 5.32 Å². The van der Waals surface area contributed by atoms with Gasteiger partial charge < -0.3 is 5.11 Å². The number of carboxylic acid groups (broad SMARTS) is 1. The van der Waals surface area contributed by atoms with Crippen molar-refractivity contribution in [1.29, 1.82) is 0 Å². The summed E-state index contributed by atoms with van der Waals surface area (Å²) in [6.07, 6.45) is 2.45. The maximum atomic E-state index is 11.6. The predicted octanol–water partition coefficient (Wildman–Crippen LogP) is 0.921. The molecular weight excluding hydrogens is 270 g/mol. The Balaban J connectivity index is 1.87. The fourth-order valence-electron chi connectivity index (χ4n) is 1.37. The van der Waals surface area contributed by atoms with Gasteiger partial charge in [-0.05, 0) is 12.8 Å². The van der Waals surface area contributed by atoms with Crippen molar-refractivity contribution in [3.63, 3.8) is 0 Å². The largest absolute Gasteiger partial charge is 0.481 e. The minimum Gasteiger partial charge on any atom is -0.481 e.